The molecule has 3 aromatic rings. The van der Waals surface area contributed by atoms with Crippen molar-refractivity contribution >= 4 is 33.2 Å². The molecule has 0 radical (unpaired) electrons. The van der Waals surface area contributed by atoms with Gasteiger partial charge >= 0.3 is 0 Å². The number of nitrogens with zero attached hydrogens (tertiary/aromatic N) is 2. The Kier molecular flexibility index (Phi) is 5.62. The molecule has 29 heavy (non-hydrogen) atoms. The van der Waals surface area contributed by atoms with E-state index < -0.39 is 0 Å². The fourth-order valence-corrected chi connectivity index (χ4v) is 3.34. The molecule has 0 bridgehead atoms. The molecule has 0 unspecified atom stereocenters. The Morgan fingerprint density at radius 1 is 0.897 bits per heavy atom. The third-order valence-electron chi connectivity index (χ3n) is 4.52. The predicted octanol–water partition coefficient (Wildman–Crippen LogP) is 5.29. The summed E-state index contributed by atoms with van der Waals surface area (Å²) in [6, 6.07) is 21.7. The molecule has 5 nitrogen and oxygen atoms in total. The molecule has 6 heteroatoms. The van der Waals surface area contributed by atoms with Gasteiger partial charge in [0.15, 0.2) is 5.84 Å². The van der Waals surface area contributed by atoms with Crippen LogP contribution in [-0.4, -0.2) is 25.3 Å². The molecule has 0 saturated heterocycles. The van der Waals surface area contributed by atoms with Gasteiger partial charge < -0.3 is 9.47 Å². The SMILES string of the molecule is CCOc1ccc(C2=NNC(c3ccc(Br)cc3)=Nc3ccc(OC)cc32)cc1. The van der Waals surface area contributed by atoms with Gasteiger partial charge in [-0.05, 0) is 61.5 Å². The van der Waals surface area contributed by atoms with E-state index in [1.54, 1.807) is 7.11 Å². The zero-order chi connectivity index (χ0) is 20.2. The summed E-state index contributed by atoms with van der Waals surface area (Å²) < 4.78 is 12.0. The molecule has 0 fully saturated rings. The fraction of sp³-hybridized carbons (Fsp3) is 0.130. The van der Waals surface area contributed by atoms with Crippen molar-refractivity contribution < 1.29 is 9.47 Å². The maximum Gasteiger partial charge on any atom is 0.154 e. The third kappa shape index (κ3) is 4.17. The van der Waals surface area contributed by atoms with Crippen LogP contribution in [0.25, 0.3) is 0 Å². The Hall–Kier alpha value is -3.12. The Labute approximate surface area is 178 Å². The highest BCUT2D eigenvalue weighted by atomic mass is 79.9. The number of fused-ring (bicyclic) bond motifs is 1. The van der Waals surface area contributed by atoms with Crippen molar-refractivity contribution in [1.29, 1.82) is 0 Å². The van der Waals surface area contributed by atoms with Crippen LogP contribution in [0.5, 0.6) is 11.5 Å². The topological polar surface area (TPSA) is 55.2 Å². The Balaban J connectivity index is 1.80. The molecule has 0 spiro atoms. The lowest BCUT2D eigenvalue weighted by atomic mass is 10.0. The minimum Gasteiger partial charge on any atom is -0.497 e. The lowest BCUT2D eigenvalue weighted by Crippen LogP contribution is -2.19. The van der Waals surface area contributed by atoms with Crippen molar-refractivity contribution in [1.82, 2.24) is 5.43 Å². The average molecular weight is 450 g/mol. The van der Waals surface area contributed by atoms with Gasteiger partial charge in [-0.25, -0.2) is 4.99 Å². The largest absolute Gasteiger partial charge is 0.497 e. The van der Waals surface area contributed by atoms with Crippen LogP contribution in [0.1, 0.15) is 23.6 Å². The minimum atomic E-state index is 0.631. The lowest BCUT2D eigenvalue weighted by Gasteiger charge is -2.10. The van der Waals surface area contributed by atoms with Gasteiger partial charge in [-0.15, -0.1) is 0 Å². The summed E-state index contributed by atoms with van der Waals surface area (Å²) in [5, 5.41) is 4.69. The first-order chi connectivity index (χ1) is 14.2. The molecule has 1 N–H and O–H groups in total. The van der Waals surface area contributed by atoms with Gasteiger partial charge in [0.1, 0.15) is 17.2 Å². The summed E-state index contributed by atoms with van der Waals surface area (Å²) in [5.41, 5.74) is 7.56. The van der Waals surface area contributed by atoms with Gasteiger partial charge in [-0.3, -0.25) is 5.43 Å². The first kappa shape index (κ1) is 19.2. The summed E-state index contributed by atoms with van der Waals surface area (Å²) in [6.45, 7) is 2.60. The van der Waals surface area contributed by atoms with E-state index in [1.807, 2.05) is 73.7 Å². The summed E-state index contributed by atoms with van der Waals surface area (Å²) in [7, 11) is 1.65. The monoisotopic (exact) mass is 449 g/mol. The molecule has 1 aliphatic rings. The molecular formula is C23H20BrN3O2. The Bertz CT molecular complexity index is 1070. The van der Waals surface area contributed by atoms with Crippen LogP contribution < -0.4 is 14.9 Å². The second kappa shape index (κ2) is 8.49. The van der Waals surface area contributed by atoms with Gasteiger partial charge in [0.2, 0.25) is 0 Å². The van der Waals surface area contributed by atoms with Crippen LogP contribution >= 0.6 is 15.9 Å². The number of aliphatic imine (C=N–C) groups is 1. The summed E-state index contributed by atoms with van der Waals surface area (Å²) in [5.74, 6) is 2.27. The Morgan fingerprint density at radius 2 is 1.59 bits per heavy atom. The molecule has 0 atom stereocenters. The highest BCUT2D eigenvalue weighted by Gasteiger charge is 2.18. The molecule has 1 aliphatic heterocycles. The highest BCUT2D eigenvalue weighted by molar-refractivity contribution is 9.10. The number of benzene rings is 3. The van der Waals surface area contributed by atoms with E-state index in [9.17, 15) is 0 Å². The maximum absolute atomic E-state index is 5.56. The summed E-state index contributed by atoms with van der Waals surface area (Å²) in [6.07, 6.45) is 0. The second-order valence-electron chi connectivity index (χ2n) is 6.38. The van der Waals surface area contributed by atoms with Crippen molar-refractivity contribution in [2.45, 2.75) is 6.92 Å². The number of amidine groups is 1. The highest BCUT2D eigenvalue weighted by Crippen LogP contribution is 2.30. The zero-order valence-electron chi connectivity index (χ0n) is 16.1. The quantitative estimate of drug-likeness (QED) is 0.575. The number of methoxy groups -OCH3 is 1. The van der Waals surface area contributed by atoms with E-state index in [-0.39, 0.29) is 0 Å². The molecular weight excluding hydrogens is 430 g/mol. The molecule has 146 valence electrons. The van der Waals surface area contributed by atoms with Gasteiger partial charge in [-0.1, -0.05) is 28.1 Å². The van der Waals surface area contributed by atoms with Crippen LogP contribution in [0.3, 0.4) is 0 Å². The molecule has 0 aromatic heterocycles. The van der Waals surface area contributed by atoms with Crippen molar-refractivity contribution in [3.63, 3.8) is 0 Å². The number of rotatable bonds is 5. The number of ether oxygens (including phenoxy) is 2. The van der Waals surface area contributed by atoms with Crippen molar-refractivity contribution in [2.24, 2.45) is 10.1 Å². The molecule has 4 rings (SSSR count). The molecule has 0 aliphatic carbocycles. The zero-order valence-corrected chi connectivity index (χ0v) is 17.7. The van der Waals surface area contributed by atoms with Crippen LogP contribution in [0.2, 0.25) is 0 Å². The minimum absolute atomic E-state index is 0.631. The molecule has 0 saturated carbocycles. The molecule has 0 amide bonds. The third-order valence-corrected chi connectivity index (χ3v) is 5.05. The van der Waals surface area contributed by atoms with Crippen LogP contribution in [0.4, 0.5) is 5.69 Å². The van der Waals surface area contributed by atoms with Crippen LogP contribution in [0.15, 0.2) is 81.3 Å². The van der Waals surface area contributed by atoms with Gasteiger partial charge in [0.05, 0.1) is 19.4 Å². The normalized spacial score (nSPS) is 12.8. The van der Waals surface area contributed by atoms with E-state index in [0.29, 0.717) is 12.4 Å². The summed E-state index contributed by atoms with van der Waals surface area (Å²) >= 11 is 3.47. The Morgan fingerprint density at radius 3 is 2.28 bits per heavy atom. The van der Waals surface area contributed by atoms with E-state index in [2.05, 4.69) is 21.4 Å². The van der Waals surface area contributed by atoms with E-state index in [1.165, 1.54) is 0 Å². The van der Waals surface area contributed by atoms with Crippen molar-refractivity contribution in [3.05, 3.63) is 87.9 Å². The van der Waals surface area contributed by atoms with Crippen molar-refractivity contribution in [2.75, 3.05) is 13.7 Å². The van der Waals surface area contributed by atoms with Crippen LogP contribution in [0, 0.1) is 0 Å². The number of nitrogens with one attached hydrogen (secondary N) is 1. The molecule has 1 heterocycles. The number of hydrogen-bond acceptors (Lipinski definition) is 5. The van der Waals surface area contributed by atoms with E-state index in [0.717, 1.165) is 44.1 Å². The van der Waals surface area contributed by atoms with Crippen molar-refractivity contribution in [3.8, 4) is 11.5 Å². The average Bonchev–Trinajstić information content (AvgIpc) is 2.94. The van der Waals surface area contributed by atoms with E-state index >= 15 is 0 Å². The van der Waals surface area contributed by atoms with Gasteiger partial charge in [0, 0.05) is 21.2 Å². The fourth-order valence-electron chi connectivity index (χ4n) is 3.08. The van der Waals surface area contributed by atoms with Gasteiger partial charge in [0.25, 0.3) is 0 Å². The standard InChI is InChI=1S/C23H20BrN3O2/c1-3-29-18-10-6-15(7-11-18)22-20-14-19(28-2)12-13-21(20)25-23(27-26-22)16-4-8-17(24)9-5-16/h4-14H,3H2,1-2H3,(H,25,27). The number of hydrogen-bond donors (Lipinski definition) is 1. The number of hydrazone groups is 1. The van der Waals surface area contributed by atoms with Crippen LogP contribution in [-0.2, 0) is 0 Å². The molecule has 3 aromatic carbocycles. The predicted molar refractivity (Wildman–Crippen MR) is 120 cm³/mol. The first-order valence-electron chi connectivity index (χ1n) is 9.28. The smallest absolute Gasteiger partial charge is 0.154 e. The van der Waals surface area contributed by atoms with Gasteiger partial charge in [-0.2, -0.15) is 5.10 Å². The first-order valence-corrected chi connectivity index (χ1v) is 10.1. The maximum atomic E-state index is 5.56. The lowest BCUT2D eigenvalue weighted by molar-refractivity contribution is 0.340. The van der Waals surface area contributed by atoms with E-state index in [4.69, 9.17) is 19.6 Å². The summed E-state index contributed by atoms with van der Waals surface area (Å²) in [4.78, 5) is 4.83. The second-order valence-corrected chi connectivity index (χ2v) is 7.30. The number of halogens is 1.